The summed E-state index contributed by atoms with van der Waals surface area (Å²) in [7, 11) is 0. The third-order valence-electron chi connectivity index (χ3n) is 1.72. The summed E-state index contributed by atoms with van der Waals surface area (Å²) >= 11 is 5.62. The largest absolute Gasteiger partial charge is 0.494 e. The molecular formula is C9H8ClN3O3. The van der Waals surface area contributed by atoms with E-state index < -0.39 is 5.91 Å². The van der Waals surface area contributed by atoms with Crippen LogP contribution >= 0.6 is 11.6 Å². The van der Waals surface area contributed by atoms with Gasteiger partial charge < -0.3 is 14.8 Å². The van der Waals surface area contributed by atoms with Gasteiger partial charge in [0.2, 0.25) is 5.76 Å². The number of carbonyl (C=O) groups excluding carboxylic acids is 1. The Morgan fingerprint density at radius 2 is 2.31 bits per heavy atom. The summed E-state index contributed by atoms with van der Waals surface area (Å²) in [5, 5.41) is 2.68. The molecule has 0 atom stereocenters. The van der Waals surface area contributed by atoms with Crippen LogP contribution in [0.15, 0.2) is 24.4 Å². The van der Waals surface area contributed by atoms with Gasteiger partial charge >= 0.3 is 0 Å². The number of hydrogen-bond acceptors (Lipinski definition) is 5. The zero-order valence-corrected chi connectivity index (χ0v) is 8.90. The van der Waals surface area contributed by atoms with Gasteiger partial charge in [-0.1, -0.05) is 11.6 Å². The monoisotopic (exact) mass is 241 g/mol. The fourth-order valence-electron chi connectivity index (χ4n) is 1.07. The quantitative estimate of drug-likeness (QED) is 0.835. The summed E-state index contributed by atoms with van der Waals surface area (Å²) in [5.41, 5.74) is 0. The number of ether oxygens (including phenoxy) is 2. The second-order valence-electron chi connectivity index (χ2n) is 2.88. The standard InChI is InChI=1S/C9H8ClN3O3/c10-7-3-11-4-8(12-7)13-9(14)6-5-15-1-2-16-6/h3-5H,1-2H2,(H,12,13,14). The normalized spacial score (nSPS) is 14.4. The smallest absolute Gasteiger partial charge is 0.295 e. The van der Waals surface area contributed by atoms with Gasteiger partial charge in [0, 0.05) is 0 Å². The van der Waals surface area contributed by atoms with Crippen LogP contribution in [0.1, 0.15) is 0 Å². The predicted octanol–water partition coefficient (Wildman–Crippen LogP) is 0.957. The highest BCUT2D eigenvalue weighted by molar-refractivity contribution is 6.29. The van der Waals surface area contributed by atoms with Crippen molar-refractivity contribution in [3.05, 3.63) is 29.6 Å². The Hall–Kier alpha value is -1.82. The van der Waals surface area contributed by atoms with Crippen molar-refractivity contribution in [1.29, 1.82) is 0 Å². The molecular weight excluding hydrogens is 234 g/mol. The highest BCUT2D eigenvalue weighted by Crippen LogP contribution is 2.10. The number of nitrogens with one attached hydrogen (secondary N) is 1. The number of amides is 1. The highest BCUT2D eigenvalue weighted by atomic mass is 35.5. The molecule has 0 aliphatic carbocycles. The van der Waals surface area contributed by atoms with E-state index in [0.29, 0.717) is 13.2 Å². The maximum Gasteiger partial charge on any atom is 0.295 e. The van der Waals surface area contributed by atoms with Gasteiger partial charge in [-0.15, -0.1) is 0 Å². The average Bonchev–Trinajstić information content (AvgIpc) is 2.30. The topological polar surface area (TPSA) is 73.3 Å². The number of halogens is 1. The van der Waals surface area contributed by atoms with Crippen LogP contribution in [0.3, 0.4) is 0 Å². The van der Waals surface area contributed by atoms with Crippen LogP contribution < -0.4 is 5.32 Å². The van der Waals surface area contributed by atoms with Crippen LogP contribution in [0.4, 0.5) is 5.82 Å². The molecule has 84 valence electrons. The summed E-state index contributed by atoms with van der Waals surface area (Å²) in [6, 6.07) is 0. The molecule has 2 heterocycles. The maximum atomic E-state index is 11.6. The van der Waals surface area contributed by atoms with Crippen molar-refractivity contribution < 1.29 is 14.3 Å². The van der Waals surface area contributed by atoms with E-state index in [4.69, 9.17) is 21.1 Å². The summed E-state index contributed by atoms with van der Waals surface area (Å²) in [6.07, 6.45) is 4.02. The van der Waals surface area contributed by atoms with Crippen LogP contribution in [-0.4, -0.2) is 29.1 Å². The van der Waals surface area contributed by atoms with Crippen LogP contribution in [0.2, 0.25) is 5.15 Å². The minimum Gasteiger partial charge on any atom is -0.494 e. The third-order valence-corrected chi connectivity index (χ3v) is 1.90. The number of carbonyl (C=O) groups is 1. The van der Waals surface area contributed by atoms with E-state index in [2.05, 4.69) is 15.3 Å². The van der Waals surface area contributed by atoms with Crippen LogP contribution in [-0.2, 0) is 14.3 Å². The fourth-order valence-corrected chi connectivity index (χ4v) is 1.22. The van der Waals surface area contributed by atoms with Crippen molar-refractivity contribution in [3.63, 3.8) is 0 Å². The lowest BCUT2D eigenvalue weighted by atomic mass is 10.4. The minimum absolute atomic E-state index is 0.105. The molecule has 0 radical (unpaired) electrons. The van der Waals surface area contributed by atoms with E-state index >= 15 is 0 Å². The minimum atomic E-state index is -0.448. The van der Waals surface area contributed by atoms with Gasteiger partial charge in [0.1, 0.15) is 24.6 Å². The molecule has 1 aliphatic heterocycles. The number of rotatable bonds is 2. The SMILES string of the molecule is O=C(Nc1cncc(Cl)n1)C1=COCCO1. The molecule has 2 rings (SSSR count). The Bertz CT molecular complexity index is 436. The molecule has 1 amide bonds. The highest BCUT2D eigenvalue weighted by Gasteiger charge is 2.15. The lowest BCUT2D eigenvalue weighted by Crippen LogP contribution is -2.21. The zero-order chi connectivity index (χ0) is 11.4. The number of hydrogen-bond donors (Lipinski definition) is 1. The van der Waals surface area contributed by atoms with Crippen LogP contribution in [0.5, 0.6) is 0 Å². The van der Waals surface area contributed by atoms with E-state index in [9.17, 15) is 4.79 Å². The Morgan fingerprint density at radius 3 is 3.00 bits per heavy atom. The Balaban J connectivity index is 2.04. The molecule has 0 spiro atoms. The number of aromatic nitrogens is 2. The molecule has 1 aromatic heterocycles. The lowest BCUT2D eigenvalue weighted by Gasteiger charge is -2.14. The van der Waals surface area contributed by atoms with Crippen molar-refractivity contribution in [2.45, 2.75) is 0 Å². The first-order chi connectivity index (χ1) is 7.75. The summed E-state index contributed by atoms with van der Waals surface area (Å²) < 4.78 is 10.0. The van der Waals surface area contributed by atoms with Crippen molar-refractivity contribution >= 4 is 23.3 Å². The van der Waals surface area contributed by atoms with E-state index in [1.54, 1.807) is 0 Å². The molecule has 1 aliphatic rings. The van der Waals surface area contributed by atoms with E-state index in [-0.39, 0.29) is 16.7 Å². The molecule has 0 saturated heterocycles. The van der Waals surface area contributed by atoms with E-state index in [1.165, 1.54) is 18.7 Å². The van der Waals surface area contributed by atoms with Crippen molar-refractivity contribution in [3.8, 4) is 0 Å². The Kier molecular flexibility index (Phi) is 3.21. The lowest BCUT2D eigenvalue weighted by molar-refractivity contribution is -0.117. The fraction of sp³-hybridized carbons (Fsp3) is 0.222. The molecule has 0 bridgehead atoms. The zero-order valence-electron chi connectivity index (χ0n) is 8.14. The Labute approximate surface area is 96.2 Å². The van der Waals surface area contributed by atoms with Crippen molar-refractivity contribution in [2.75, 3.05) is 18.5 Å². The van der Waals surface area contributed by atoms with E-state index in [1.807, 2.05) is 0 Å². The third kappa shape index (κ3) is 2.60. The summed E-state index contributed by atoms with van der Waals surface area (Å²) in [4.78, 5) is 19.2. The second kappa shape index (κ2) is 4.80. The first-order valence-corrected chi connectivity index (χ1v) is 4.87. The van der Waals surface area contributed by atoms with Crippen molar-refractivity contribution in [1.82, 2.24) is 9.97 Å². The van der Waals surface area contributed by atoms with Gasteiger partial charge in [-0.2, -0.15) is 0 Å². The molecule has 6 nitrogen and oxygen atoms in total. The summed E-state index contributed by atoms with van der Waals surface area (Å²) in [6.45, 7) is 0.786. The molecule has 0 aromatic carbocycles. The first-order valence-electron chi connectivity index (χ1n) is 4.49. The van der Waals surface area contributed by atoms with Gasteiger partial charge in [0.15, 0.2) is 5.82 Å². The number of nitrogens with zero attached hydrogens (tertiary/aromatic N) is 2. The Morgan fingerprint density at radius 1 is 1.44 bits per heavy atom. The maximum absolute atomic E-state index is 11.6. The van der Waals surface area contributed by atoms with Gasteiger partial charge in [-0.25, -0.2) is 4.98 Å². The predicted molar refractivity (Wildman–Crippen MR) is 55.7 cm³/mol. The van der Waals surface area contributed by atoms with Crippen LogP contribution in [0.25, 0.3) is 0 Å². The molecule has 7 heteroatoms. The van der Waals surface area contributed by atoms with E-state index in [0.717, 1.165) is 0 Å². The number of anilines is 1. The average molecular weight is 242 g/mol. The molecule has 1 aromatic rings. The van der Waals surface area contributed by atoms with Gasteiger partial charge in [-0.05, 0) is 0 Å². The first kappa shape index (κ1) is 10.7. The molecule has 0 saturated carbocycles. The van der Waals surface area contributed by atoms with Gasteiger partial charge in [0.05, 0.1) is 12.4 Å². The van der Waals surface area contributed by atoms with Gasteiger partial charge in [0.25, 0.3) is 5.91 Å². The molecule has 1 N–H and O–H groups in total. The van der Waals surface area contributed by atoms with Crippen LogP contribution in [0, 0.1) is 0 Å². The second-order valence-corrected chi connectivity index (χ2v) is 3.27. The molecule has 0 unspecified atom stereocenters. The van der Waals surface area contributed by atoms with Crippen molar-refractivity contribution in [2.24, 2.45) is 0 Å². The van der Waals surface area contributed by atoms with Gasteiger partial charge in [-0.3, -0.25) is 9.78 Å². The molecule has 0 fully saturated rings. The summed E-state index contributed by atoms with van der Waals surface area (Å²) in [5.74, 6) is -0.0862. The molecule has 16 heavy (non-hydrogen) atoms.